The molecule has 1 N–H and O–H groups in total. The standard InChI is InChI=1S/C23H16N4O.3C2H6/c28-23(26-21-7-2-8-22(15-21)27-13-12-25-17-27)20-6-1-4-18(14-20)9-10-19-5-3-11-24-16-19;3*1-2/h1-8,11-17H,(H,26,28);3*1-2H3. The first-order chi connectivity index (χ1) is 16.8. The number of aromatic nitrogens is 3. The Kier molecular flexibility index (Phi) is 13.5. The van der Waals surface area contributed by atoms with Gasteiger partial charge in [-0.1, -0.05) is 65.5 Å². The van der Waals surface area contributed by atoms with Crippen molar-refractivity contribution in [3.63, 3.8) is 0 Å². The number of carbonyl (C=O) groups excluding carboxylic acids is 1. The van der Waals surface area contributed by atoms with Crippen LogP contribution in [-0.2, 0) is 0 Å². The SMILES string of the molecule is CC.CC.CC.O=C(Nc1cccc(-n2ccnc2)c1)c1cccc(C#Cc2cccnc2)c1. The first-order valence-corrected chi connectivity index (χ1v) is 11.7. The smallest absolute Gasteiger partial charge is 0.255 e. The van der Waals surface area contributed by atoms with Gasteiger partial charge in [0.05, 0.1) is 6.33 Å². The van der Waals surface area contributed by atoms with Gasteiger partial charge in [0.1, 0.15) is 0 Å². The molecule has 1 amide bonds. The van der Waals surface area contributed by atoms with Crippen LogP contribution >= 0.6 is 0 Å². The Labute approximate surface area is 203 Å². The summed E-state index contributed by atoms with van der Waals surface area (Å²) in [6.07, 6.45) is 8.69. The summed E-state index contributed by atoms with van der Waals surface area (Å²) in [6.45, 7) is 12.0. The topological polar surface area (TPSA) is 59.8 Å². The number of nitrogens with zero attached hydrogens (tertiary/aromatic N) is 3. The molecule has 0 aliphatic rings. The predicted octanol–water partition coefficient (Wildman–Crippen LogP) is 7.00. The summed E-state index contributed by atoms with van der Waals surface area (Å²) in [5.74, 6) is 5.93. The highest BCUT2D eigenvalue weighted by Gasteiger charge is 2.07. The molecule has 5 heteroatoms. The van der Waals surface area contributed by atoms with Crippen LogP contribution in [0.4, 0.5) is 5.69 Å². The van der Waals surface area contributed by atoms with Crippen molar-refractivity contribution >= 4 is 11.6 Å². The largest absolute Gasteiger partial charge is 0.322 e. The van der Waals surface area contributed by atoms with Crippen molar-refractivity contribution in [2.75, 3.05) is 5.32 Å². The Bertz CT molecular complexity index is 1160. The van der Waals surface area contributed by atoms with E-state index < -0.39 is 0 Å². The number of anilines is 1. The van der Waals surface area contributed by atoms with Crippen molar-refractivity contribution in [2.45, 2.75) is 41.5 Å². The number of imidazole rings is 1. The fraction of sp³-hybridized carbons (Fsp3) is 0.207. The van der Waals surface area contributed by atoms with Crippen molar-refractivity contribution in [3.8, 4) is 17.5 Å². The van der Waals surface area contributed by atoms with Crippen molar-refractivity contribution in [1.29, 1.82) is 0 Å². The molecule has 0 unspecified atom stereocenters. The maximum absolute atomic E-state index is 12.6. The number of pyridine rings is 1. The number of hydrogen-bond donors (Lipinski definition) is 1. The molecule has 0 fully saturated rings. The Hall–Kier alpha value is -4.17. The molecule has 0 saturated carbocycles. The molecule has 2 aromatic carbocycles. The maximum atomic E-state index is 12.6. The minimum absolute atomic E-state index is 0.187. The summed E-state index contributed by atoms with van der Waals surface area (Å²) < 4.78 is 1.88. The number of carbonyl (C=O) groups is 1. The molecular weight excluding hydrogens is 420 g/mol. The normalized spacial score (nSPS) is 8.76. The lowest BCUT2D eigenvalue weighted by molar-refractivity contribution is 0.102. The van der Waals surface area contributed by atoms with E-state index in [1.165, 1.54) is 0 Å². The van der Waals surface area contributed by atoms with Crippen LogP contribution in [0.1, 0.15) is 63.0 Å². The van der Waals surface area contributed by atoms with Gasteiger partial charge in [-0.2, -0.15) is 0 Å². The lowest BCUT2D eigenvalue weighted by atomic mass is 10.1. The average molecular weight is 455 g/mol. The van der Waals surface area contributed by atoms with Crippen molar-refractivity contribution in [2.24, 2.45) is 0 Å². The minimum Gasteiger partial charge on any atom is -0.322 e. The van der Waals surface area contributed by atoms with E-state index in [1.807, 2.05) is 101 Å². The van der Waals surface area contributed by atoms with Crippen LogP contribution < -0.4 is 5.32 Å². The summed E-state index contributed by atoms with van der Waals surface area (Å²) >= 11 is 0. The van der Waals surface area contributed by atoms with E-state index in [9.17, 15) is 4.79 Å². The van der Waals surface area contributed by atoms with Gasteiger partial charge in [0, 0.05) is 52.9 Å². The molecule has 0 aliphatic heterocycles. The zero-order valence-corrected chi connectivity index (χ0v) is 20.9. The minimum atomic E-state index is -0.187. The summed E-state index contributed by atoms with van der Waals surface area (Å²) in [5.41, 5.74) is 3.78. The van der Waals surface area contributed by atoms with E-state index in [0.29, 0.717) is 11.3 Å². The van der Waals surface area contributed by atoms with Crippen molar-refractivity contribution in [1.82, 2.24) is 14.5 Å². The van der Waals surface area contributed by atoms with Crippen LogP contribution in [0.15, 0.2) is 91.8 Å². The van der Waals surface area contributed by atoms with E-state index in [-0.39, 0.29) is 5.91 Å². The zero-order valence-electron chi connectivity index (χ0n) is 20.9. The quantitative estimate of drug-likeness (QED) is 0.339. The van der Waals surface area contributed by atoms with Gasteiger partial charge < -0.3 is 9.88 Å². The second-order valence-electron chi connectivity index (χ2n) is 6.05. The van der Waals surface area contributed by atoms with E-state index in [4.69, 9.17) is 0 Å². The Morgan fingerprint density at radius 3 is 2.18 bits per heavy atom. The molecule has 4 rings (SSSR count). The van der Waals surface area contributed by atoms with E-state index in [1.54, 1.807) is 37.1 Å². The van der Waals surface area contributed by atoms with Crippen LogP contribution in [-0.4, -0.2) is 20.4 Å². The third kappa shape index (κ3) is 8.76. The predicted molar refractivity (Wildman–Crippen MR) is 142 cm³/mol. The summed E-state index contributed by atoms with van der Waals surface area (Å²) in [6, 6.07) is 18.6. The molecule has 5 nitrogen and oxygen atoms in total. The van der Waals surface area contributed by atoms with Gasteiger partial charge in [0.2, 0.25) is 0 Å². The molecule has 0 aliphatic carbocycles. The van der Waals surface area contributed by atoms with E-state index in [2.05, 4.69) is 27.1 Å². The highest BCUT2D eigenvalue weighted by atomic mass is 16.1. The lowest BCUT2D eigenvalue weighted by Crippen LogP contribution is -2.12. The molecule has 0 radical (unpaired) electrons. The Morgan fingerprint density at radius 2 is 1.50 bits per heavy atom. The van der Waals surface area contributed by atoms with Gasteiger partial charge in [0.15, 0.2) is 0 Å². The molecular formula is C29H34N4O. The molecule has 0 atom stereocenters. The maximum Gasteiger partial charge on any atom is 0.255 e. The van der Waals surface area contributed by atoms with E-state index in [0.717, 1.165) is 16.8 Å². The van der Waals surface area contributed by atoms with Gasteiger partial charge in [-0.15, -0.1) is 0 Å². The van der Waals surface area contributed by atoms with E-state index >= 15 is 0 Å². The lowest BCUT2D eigenvalue weighted by Gasteiger charge is -2.08. The van der Waals surface area contributed by atoms with Crippen LogP contribution in [0.25, 0.3) is 5.69 Å². The average Bonchev–Trinajstić information content (AvgIpc) is 3.47. The summed E-state index contributed by atoms with van der Waals surface area (Å²) in [4.78, 5) is 20.7. The Balaban J connectivity index is 0.000000894. The molecule has 176 valence electrons. The second kappa shape index (κ2) is 16.5. The summed E-state index contributed by atoms with van der Waals surface area (Å²) in [7, 11) is 0. The number of benzene rings is 2. The third-order valence-electron chi connectivity index (χ3n) is 4.04. The van der Waals surface area contributed by atoms with Gasteiger partial charge in [0.25, 0.3) is 5.91 Å². The van der Waals surface area contributed by atoms with Crippen LogP contribution in [0, 0.1) is 11.8 Å². The molecule has 2 heterocycles. The molecule has 34 heavy (non-hydrogen) atoms. The van der Waals surface area contributed by atoms with Crippen LogP contribution in [0.5, 0.6) is 0 Å². The van der Waals surface area contributed by atoms with Gasteiger partial charge >= 0.3 is 0 Å². The highest BCUT2D eigenvalue weighted by molar-refractivity contribution is 6.04. The first-order valence-electron chi connectivity index (χ1n) is 11.7. The van der Waals surface area contributed by atoms with Crippen LogP contribution in [0.3, 0.4) is 0 Å². The van der Waals surface area contributed by atoms with Crippen molar-refractivity contribution in [3.05, 3.63) is 108 Å². The second-order valence-corrected chi connectivity index (χ2v) is 6.05. The fourth-order valence-corrected chi connectivity index (χ4v) is 2.68. The molecule has 0 saturated heterocycles. The first kappa shape index (κ1) is 27.9. The van der Waals surface area contributed by atoms with Crippen LogP contribution in [0.2, 0.25) is 0 Å². The number of rotatable bonds is 3. The van der Waals surface area contributed by atoms with Crippen molar-refractivity contribution < 1.29 is 4.79 Å². The highest BCUT2D eigenvalue weighted by Crippen LogP contribution is 2.16. The number of amides is 1. The molecule has 0 spiro atoms. The molecule has 2 aromatic heterocycles. The van der Waals surface area contributed by atoms with Gasteiger partial charge in [-0.05, 0) is 48.5 Å². The fourth-order valence-electron chi connectivity index (χ4n) is 2.68. The summed E-state index contributed by atoms with van der Waals surface area (Å²) in [5, 5.41) is 2.93. The molecule has 4 aromatic rings. The number of hydrogen-bond acceptors (Lipinski definition) is 3. The molecule has 0 bridgehead atoms. The number of nitrogens with one attached hydrogen (secondary N) is 1. The van der Waals surface area contributed by atoms with Gasteiger partial charge in [-0.25, -0.2) is 4.98 Å². The Morgan fingerprint density at radius 1 is 0.794 bits per heavy atom. The van der Waals surface area contributed by atoms with Gasteiger partial charge in [-0.3, -0.25) is 9.78 Å². The zero-order chi connectivity index (χ0) is 25.2. The monoisotopic (exact) mass is 454 g/mol. The third-order valence-corrected chi connectivity index (χ3v) is 4.04.